The molecule has 3 heterocycles. The Kier molecular flexibility index (Phi) is 12.8. The molecule has 6 heteroatoms. The van der Waals surface area contributed by atoms with Crippen molar-refractivity contribution in [2.24, 2.45) is 0 Å². The van der Waals surface area contributed by atoms with E-state index in [1.54, 1.807) is 0 Å². The van der Waals surface area contributed by atoms with Crippen LogP contribution >= 0.6 is 0 Å². The van der Waals surface area contributed by atoms with Crippen LogP contribution in [-0.4, -0.2) is 19.5 Å². The Labute approximate surface area is 420 Å². The minimum atomic E-state index is 0. The first kappa shape index (κ1) is 47.3. The van der Waals surface area contributed by atoms with Crippen molar-refractivity contribution >= 4 is 54.5 Å². The second-order valence-electron chi connectivity index (χ2n) is 20.7. The van der Waals surface area contributed by atoms with Crippen LogP contribution in [0.2, 0.25) is 0 Å². The SMILES string of the molecule is CC(C)(C)c1ccnc(-c2[c-]cccc2)n1.CC(C)c1cc(-c2ccccc2)cc(C(C)C)c1-n1c(-c2[c-]ccc3c2oc2cc4c(ccc5cccc(C(C)(C)C)c54)cc23)nc2ccccc21.[Ir]. The third-order valence-corrected chi connectivity index (χ3v) is 13.1. The second kappa shape index (κ2) is 18.6. The van der Waals surface area contributed by atoms with Crippen LogP contribution in [0.5, 0.6) is 0 Å². The van der Waals surface area contributed by atoms with Gasteiger partial charge in [-0.15, -0.1) is 54.1 Å². The summed E-state index contributed by atoms with van der Waals surface area (Å²) in [6.45, 7) is 22.5. The molecule has 0 saturated carbocycles. The molecule has 0 aliphatic rings. The molecule has 5 nitrogen and oxygen atoms in total. The van der Waals surface area contributed by atoms with Gasteiger partial charge in [-0.2, -0.15) is 0 Å². The molecule has 0 amide bonds. The summed E-state index contributed by atoms with van der Waals surface area (Å²) < 4.78 is 9.34. The van der Waals surface area contributed by atoms with E-state index in [0.29, 0.717) is 0 Å². The van der Waals surface area contributed by atoms with Crippen molar-refractivity contribution in [3.05, 3.63) is 192 Å². The number of imidazole rings is 1. The summed E-state index contributed by atoms with van der Waals surface area (Å²) in [5.41, 5.74) is 14.2. The molecule has 69 heavy (non-hydrogen) atoms. The number of benzene rings is 8. The molecular weight excluding hydrogens is 1020 g/mol. The molecule has 11 rings (SSSR count). The van der Waals surface area contributed by atoms with Crippen LogP contribution in [0.25, 0.3) is 94.1 Å². The van der Waals surface area contributed by atoms with Gasteiger partial charge >= 0.3 is 0 Å². The zero-order chi connectivity index (χ0) is 47.5. The Morgan fingerprint density at radius 3 is 1.99 bits per heavy atom. The minimum Gasteiger partial charge on any atom is -0.501 e. The fourth-order valence-electron chi connectivity index (χ4n) is 9.61. The first-order valence-electron chi connectivity index (χ1n) is 23.9. The standard InChI is InChI=1S/C49H43N2O.C14H15N2.Ir/c1-29(2)37-26-34(31-15-9-8-10-16-31)27-38(30(3)4)46(37)51-43-22-12-11-21-42(43)50-48(51)36-19-14-18-35-40-25-33-24-23-32-17-13-20-41(49(5,6)7)45(32)39(33)28-44(40)52-47(35)36;1-14(2,3)12-9-10-15-13(16-12)11-7-5-4-6-8-11;/h8-18,20-30H,1-7H3;4-7,9-10H,1-3H3;/q2*-1;. The van der Waals surface area contributed by atoms with Crippen molar-refractivity contribution in [1.82, 2.24) is 19.5 Å². The number of hydrogen-bond donors (Lipinski definition) is 0. The summed E-state index contributed by atoms with van der Waals surface area (Å²) in [5, 5.41) is 7.15. The van der Waals surface area contributed by atoms with Crippen LogP contribution in [-0.2, 0) is 30.9 Å². The van der Waals surface area contributed by atoms with Crippen molar-refractivity contribution in [2.45, 2.75) is 91.9 Å². The number of fused-ring (bicyclic) bond motifs is 7. The number of nitrogens with zero attached hydrogens (tertiary/aromatic N) is 4. The van der Waals surface area contributed by atoms with Gasteiger partial charge in [-0.1, -0.05) is 153 Å². The van der Waals surface area contributed by atoms with Gasteiger partial charge in [0, 0.05) is 48.5 Å². The number of para-hydroxylation sites is 2. The molecule has 8 aromatic carbocycles. The molecular formula is C63H58IrN4O-2. The Bertz CT molecular complexity index is 3620. The number of aromatic nitrogens is 4. The molecule has 3 aromatic heterocycles. The van der Waals surface area contributed by atoms with Gasteiger partial charge < -0.3 is 8.98 Å². The second-order valence-corrected chi connectivity index (χ2v) is 20.7. The van der Waals surface area contributed by atoms with Crippen LogP contribution in [0.3, 0.4) is 0 Å². The average Bonchev–Trinajstić information content (AvgIpc) is 3.91. The minimum absolute atomic E-state index is 0. The largest absolute Gasteiger partial charge is 0.501 e. The summed E-state index contributed by atoms with van der Waals surface area (Å²) in [5.74, 6) is 2.13. The van der Waals surface area contributed by atoms with Crippen molar-refractivity contribution in [2.75, 3.05) is 0 Å². The number of hydrogen-bond acceptors (Lipinski definition) is 4. The maximum absolute atomic E-state index is 6.96. The summed E-state index contributed by atoms with van der Waals surface area (Å²) in [7, 11) is 0. The third kappa shape index (κ3) is 8.93. The fourth-order valence-corrected chi connectivity index (χ4v) is 9.61. The third-order valence-electron chi connectivity index (χ3n) is 13.1. The van der Waals surface area contributed by atoms with E-state index in [2.05, 4.69) is 211 Å². The quantitative estimate of drug-likeness (QED) is 0.123. The molecule has 0 unspecified atom stereocenters. The van der Waals surface area contributed by atoms with Crippen molar-refractivity contribution in [3.8, 4) is 39.6 Å². The monoisotopic (exact) mass is 1080 g/mol. The van der Waals surface area contributed by atoms with Crippen molar-refractivity contribution in [1.29, 1.82) is 0 Å². The van der Waals surface area contributed by atoms with Gasteiger partial charge in [-0.25, -0.2) is 0 Å². The number of furan rings is 1. The van der Waals surface area contributed by atoms with E-state index < -0.39 is 0 Å². The summed E-state index contributed by atoms with van der Waals surface area (Å²) in [4.78, 5) is 14.2. The first-order chi connectivity index (χ1) is 32.7. The molecule has 0 bridgehead atoms. The molecule has 1 radical (unpaired) electrons. The van der Waals surface area contributed by atoms with E-state index in [9.17, 15) is 0 Å². The molecule has 0 spiro atoms. The Balaban J connectivity index is 0.000000296. The average molecular weight is 1080 g/mol. The molecule has 0 fully saturated rings. The molecule has 11 aromatic rings. The van der Waals surface area contributed by atoms with Gasteiger partial charge in [0.2, 0.25) is 0 Å². The van der Waals surface area contributed by atoms with Crippen LogP contribution in [0, 0.1) is 12.1 Å². The van der Waals surface area contributed by atoms with Crippen LogP contribution in [0.15, 0.2) is 162 Å². The fraction of sp³-hybridized carbons (Fsp3) is 0.222. The zero-order valence-electron chi connectivity index (χ0n) is 41.2. The van der Waals surface area contributed by atoms with E-state index in [1.807, 2.05) is 42.6 Å². The normalized spacial score (nSPS) is 12.1. The Hall–Kier alpha value is -6.72. The maximum atomic E-state index is 6.96. The Morgan fingerprint density at radius 1 is 0.580 bits per heavy atom. The predicted octanol–water partition coefficient (Wildman–Crippen LogP) is 17.1. The maximum Gasteiger partial charge on any atom is 0.121 e. The van der Waals surface area contributed by atoms with E-state index in [0.717, 1.165) is 61.4 Å². The van der Waals surface area contributed by atoms with Crippen molar-refractivity contribution < 1.29 is 24.5 Å². The van der Waals surface area contributed by atoms with Gasteiger partial charge in [-0.3, -0.25) is 15.0 Å². The predicted molar refractivity (Wildman–Crippen MR) is 285 cm³/mol. The topological polar surface area (TPSA) is 56.7 Å². The zero-order valence-corrected chi connectivity index (χ0v) is 43.6. The summed E-state index contributed by atoms with van der Waals surface area (Å²) >= 11 is 0. The van der Waals surface area contributed by atoms with E-state index in [-0.39, 0.29) is 42.8 Å². The molecule has 0 saturated heterocycles. The van der Waals surface area contributed by atoms with E-state index in [1.165, 1.54) is 55.0 Å². The van der Waals surface area contributed by atoms with Crippen LogP contribution in [0.4, 0.5) is 0 Å². The van der Waals surface area contributed by atoms with Crippen LogP contribution < -0.4 is 0 Å². The summed E-state index contributed by atoms with van der Waals surface area (Å²) in [6.07, 6.45) is 1.81. The molecule has 0 atom stereocenters. The van der Waals surface area contributed by atoms with E-state index >= 15 is 0 Å². The molecule has 0 N–H and O–H groups in total. The van der Waals surface area contributed by atoms with Gasteiger partial charge in [0.15, 0.2) is 0 Å². The van der Waals surface area contributed by atoms with E-state index in [4.69, 9.17) is 9.40 Å². The number of rotatable bonds is 6. The van der Waals surface area contributed by atoms with Gasteiger partial charge in [0.1, 0.15) is 5.58 Å². The van der Waals surface area contributed by atoms with Gasteiger partial charge in [0.25, 0.3) is 0 Å². The van der Waals surface area contributed by atoms with Crippen LogP contribution in [0.1, 0.15) is 103 Å². The summed E-state index contributed by atoms with van der Waals surface area (Å²) in [6, 6.07) is 60.3. The smallest absolute Gasteiger partial charge is 0.121 e. The molecule has 0 aliphatic carbocycles. The van der Waals surface area contributed by atoms with Gasteiger partial charge in [0.05, 0.1) is 28.3 Å². The van der Waals surface area contributed by atoms with Gasteiger partial charge in [-0.05, 0) is 109 Å². The Morgan fingerprint density at radius 2 is 1.29 bits per heavy atom. The molecule has 0 aliphatic heterocycles. The first-order valence-corrected chi connectivity index (χ1v) is 23.9. The molecule has 347 valence electrons. The van der Waals surface area contributed by atoms with Crippen molar-refractivity contribution in [3.63, 3.8) is 0 Å².